The van der Waals surface area contributed by atoms with Gasteiger partial charge in [0.2, 0.25) is 5.91 Å². The number of aryl methyl sites for hydroxylation is 1. The lowest BCUT2D eigenvalue weighted by Gasteiger charge is -2.36. The molecule has 0 radical (unpaired) electrons. The molecule has 3 nitrogen and oxygen atoms in total. The number of allylic oxidation sites excluding steroid dienone is 1. The Bertz CT molecular complexity index is 902. The van der Waals surface area contributed by atoms with Crippen LogP contribution in [0.5, 0.6) is 0 Å². The maximum Gasteiger partial charge on any atom is 0.239 e. The van der Waals surface area contributed by atoms with E-state index >= 15 is 0 Å². The highest BCUT2D eigenvalue weighted by molar-refractivity contribution is 6.31. The third-order valence-corrected chi connectivity index (χ3v) is 5.34. The topological polar surface area (TPSA) is 46.2 Å². The SMILES string of the molecule is Cc1ccccc1[C@@H]1CC(=O)C=C[C@@]12C(=O)Nc1cc(Cl)ccc12. The van der Waals surface area contributed by atoms with E-state index in [4.69, 9.17) is 11.6 Å². The van der Waals surface area contributed by atoms with Gasteiger partial charge in [0.25, 0.3) is 0 Å². The molecule has 1 N–H and O–H groups in total. The molecule has 2 aromatic carbocycles. The highest BCUT2D eigenvalue weighted by atomic mass is 35.5. The highest BCUT2D eigenvalue weighted by Crippen LogP contribution is 2.52. The van der Waals surface area contributed by atoms with Crippen LogP contribution in [0.2, 0.25) is 5.02 Å². The summed E-state index contributed by atoms with van der Waals surface area (Å²) in [5, 5.41) is 3.53. The largest absolute Gasteiger partial charge is 0.325 e. The third-order valence-electron chi connectivity index (χ3n) is 5.10. The molecule has 4 heteroatoms. The van der Waals surface area contributed by atoms with Crippen LogP contribution in [0, 0.1) is 6.92 Å². The van der Waals surface area contributed by atoms with E-state index in [1.54, 1.807) is 18.2 Å². The summed E-state index contributed by atoms with van der Waals surface area (Å²) in [6.45, 7) is 2.02. The maximum atomic E-state index is 13.0. The number of carbonyl (C=O) groups is 2. The number of hydrogen-bond donors (Lipinski definition) is 1. The van der Waals surface area contributed by atoms with Gasteiger partial charge in [0.15, 0.2) is 5.78 Å². The van der Waals surface area contributed by atoms with Gasteiger partial charge in [-0.2, -0.15) is 0 Å². The average molecular weight is 338 g/mol. The fourth-order valence-electron chi connectivity index (χ4n) is 3.94. The van der Waals surface area contributed by atoms with E-state index < -0.39 is 5.41 Å². The molecule has 4 rings (SSSR count). The summed E-state index contributed by atoms with van der Waals surface area (Å²) < 4.78 is 0. The van der Waals surface area contributed by atoms with E-state index in [2.05, 4.69) is 5.32 Å². The van der Waals surface area contributed by atoms with Crippen LogP contribution in [0.4, 0.5) is 5.69 Å². The molecule has 2 atom stereocenters. The van der Waals surface area contributed by atoms with Crippen molar-refractivity contribution < 1.29 is 9.59 Å². The standard InChI is InChI=1S/C20H16ClNO2/c1-12-4-2-3-5-15(12)17-11-14(23)8-9-20(17)16-7-6-13(21)10-18(16)22-19(20)24/h2-10,17H,11H2,1H3,(H,22,24)/t17-,20-/m0/s1. The second-order valence-corrected chi connectivity index (χ2v) is 6.86. The number of ketones is 1. The van der Waals surface area contributed by atoms with Crippen LogP contribution in [-0.4, -0.2) is 11.7 Å². The minimum Gasteiger partial charge on any atom is -0.325 e. The lowest BCUT2D eigenvalue weighted by atomic mass is 9.63. The molecule has 1 heterocycles. The molecule has 0 fully saturated rings. The van der Waals surface area contributed by atoms with Crippen molar-refractivity contribution in [3.8, 4) is 0 Å². The molecule has 0 saturated carbocycles. The van der Waals surface area contributed by atoms with Crippen molar-refractivity contribution in [3.63, 3.8) is 0 Å². The van der Waals surface area contributed by atoms with E-state index in [1.165, 1.54) is 6.08 Å². The first-order valence-electron chi connectivity index (χ1n) is 7.91. The summed E-state index contributed by atoms with van der Waals surface area (Å²) in [4.78, 5) is 25.1. The van der Waals surface area contributed by atoms with Gasteiger partial charge in [-0.1, -0.05) is 48.0 Å². The molecule has 0 saturated heterocycles. The Morgan fingerprint density at radius 3 is 2.75 bits per heavy atom. The number of hydrogen-bond acceptors (Lipinski definition) is 2. The smallest absolute Gasteiger partial charge is 0.239 e. The molecule has 2 aromatic rings. The van der Waals surface area contributed by atoms with E-state index in [0.29, 0.717) is 11.4 Å². The molecule has 1 aliphatic carbocycles. The van der Waals surface area contributed by atoms with Gasteiger partial charge in [0, 0.05) is 23.0 Å². The normalized spacial score (nSPS) is 25.0. The van der Waals surface area contributed by atoms with Gasteiger partial charge in [-0.25, -0.2) is 0 Å². The second kappa shape index (κ2) is 5.32. The van der Waals surface area contributed by atoms with Gasteiger partial charge in [0.1, 0.15) is 5.41 Å². The zero-order valence-electron chi connectivity index (χ0n) is 13.2. The minimum atomic E-state index is -0.861. The molecule has 1 aliphatic heterocycles. The van der Waals surface area contributed by atoms with Crippen LogP contribution in [-0.2, 0) is 15.0 Å². The summed E-state index contributed by atoms with van der Waals surface area (Å²) in [6, 6.07) is 13.4. The number of nitrogens with one attached hydrogen (secondary N) is 1. The van der Waals surface area contributed by atoms with Crippen LogP contribution in [0.3, 0.4) is 0 Å². The fourth-order valence-corrected chi connectivity index (χ4v) is 4.12. The number of amides is 1. The van der Waals surface area contributed by atoms with E-state index in [1.807, 2.05) is 37.3 Å². The quantitative estimate of drug-likeness (QED) is 0.849. The lowest BCUT2D eigenvalue weighted by Crippen LogP contribution is -2.42. The number of anilines is 1. The number of carbonyl (C=O) groups excluding carboxylic acids is 2. The molecule has 120 valence electrons. The summed E-state index contributed by atoms with van der Waals surface area (Å²) in [5.74, 6) is -0.278. The summed E-state index contributed by atoms with van der Waals surface area (Å²) >= 11 is 6.08. The molecule has 2 aliphatic rings. The first-order valence-corrected chi connectivity index (χ1v) is 8.29. The zero-order valence-corrected chi connectivity index (χ0v) is 13.9. The van der Waals surface area contributed by atoms with Crippen molar-refractivity contribution in [2.45, 2.75) is 24.7 Å². The molecule has 0 unspecified atom stereocenters. The van der Waals surface area contributed by atoms with Crippen molar-refractivity contribution in [3.05, 3.63) is 76.3 Å². The average Bonchev–Trinajstić information content (AvgIpc) is 2.82. The molecule has 0 aromatic heterocycles. The second-order valence-electron chi connectivity index (χ2n) is 6.43. The van der Waals surface area contributed by atoms with Crippen LogP contribution in [0.25, 0.3) is 0 Å². The Balaban J connectivity index is 1.98. The monoisotopic (exact) mass is 337 g/mol. The first-order chi connectivity index (χ1) is 11.5. The summed E-state index contributed by atoms with van der Waals surface area (Å²) in [7, 11) is 0. The van der Waals surface area contributed by atoms with Crippen LogP contribution >= 0.6 is 11.6 Å². The molecular formula is C20H16ClNO2. The predicted molar refractivity (Wildman–Crippen MR) is 94.4 cm³/mol. The van der Waals surface area contributed by atoms with Gasteiger partial charge in [-0.05, 0) is 41.8 Å². The van der Waals surface area contributed by atoms with Gasteiger partial charge in [-0.15, -0.1) is 0 Å². The molecule has 1 spiro atoms. The number of rotatable bonds is 1. The zero-order chi connectivity index (χ0) is 16.9. The van der Waals surface area contributed by atoms with Gasteiger partial charge in [-0.3, -0.25) is 9.59 Å². The van der Waals surface area contributed by atoms with E-state index in [9.17, 15) is 9.59 Å². The Morgan fingerprint density at radius 1 is 1.17 bits per heavy atom. The summed E-state index contributed by atoms with van der Waals surface area (Å²) in [5.41, 5.74) is 2.87. The minimum absolute atomic E-state index is 0.0455. The molecule has 1 amide bonds. The Morgan fingerprint density at radius 2 is 1.96 bits per heavy atom. The number of fused-ring (bicyclic) bond motifs is 2. The van der Waals surface area contributed by atoms with Crippen LogP contribution < -0.4 is 5.32 Å². The van der Waals surface area contributed by atoms with Crippen molar-refractivity contribution in [2.75, 3.05) is 5.32 Å². The van der Waals surface area contributed by atoms with Crippen molar-refractivity contribution in [1.82, 2.24) is 0 Å². The molecule has 24 heavy (non-hydrogen) atoms. The van der Waals surface area contributed by atoms with E-state index in [-0.39, 0.29) is 17.6 Å². The Kier molecular flexibility index (Phi) is 3.36. The maximum absolute atomic E-state index is 13.0. The summed E-state index contributed by atoms with van der Waals surface area (Å²) in [6.07, 6.45) is 3.62. The first kappa shape index (κ1) is 15.2. The van der Waals surface area contributed by atoms with Gasteiger partial charge < -0.3 is 5.32 Å². The third kappa shape index (κ3) is 2.05. The number of halogens is 1. The highest BCUT2D eigenvalue weighted by Gasteiger charge is 2.53. The lowest BCUT2D eigenvalue weighted by molar-refractivity contribution is -0.121. The molecular weight excluding hydrogens is 322 g/mol. The molecule has 0 bridgehead atoms. The van der Waals surface area contributed by atoms with Crippen molar-refractivity contribution in [2.24, 2.45) is 0 Å². The van der Waals surface area contributed by atoms with Crippen molar-refractivity contribution in [1.29, 1.82) is 0 Å². The van der Waals surface area contributed by atoms with Crippen LogP contribution in [0.1, 0.15) is 29.0 Å². The Labute approximate surface area is 145 Å². The Hall–Kier alpha value is -2.39. The van der Waals surface area contributed by atoms with E-state index in [0.717, 1.165) is 22.4 Å². The predicted octanol–water partition coefficient (Wildman–Crippen LogP) is 4.15. The fraction of sp³-hybridized carbons (Fsp3) is 0.200. The van der Waals surface area contributed by atoms with Gasteiger partial charge in [0.05, 0.1) is 0 Å². The van der Waals surface area contributed by atoms with Crippen molar-refractivity contribution >= 4 is 29.0 Å². The van der Waals surface area contributed by atoms with Gasteiger partial charge >= 0.3 is 0 Å². The van der Waals surface area contributed by atoms with Crippen LogP contribution in [0.15, 0.2) is 54.6 Å². The number of benzene rings is 2.